The SMILES string of the molecule is O=C(O)C1CCCN1CCOc1ccc(OC(F)(F)F)cc1. The summed E-state index contributed by atoms with van der Waals surface area (Å²) in [5.74, 6) is -0.753. The zero-order valence-electron chi connectivity index (χ0n) is 11.7. The average molecular weight is 319 g/mol. The van der Waals surface area contributed by atoms with Gasteiger partial charge in [-0.1, -0.05) is 0 Å². The smallest absolute Gasteiger partial charge is 0.492 e. The van der Waals surface area contributed by atoms with Crippen molar-refractivity contribution in [2.45, 2.75) is 25.2 Å². The van der Waals surface area contributed by atoms with E-state index in [-0.39, 0.29) is 12.4 Å². The second-order valence-electron chi connectivity index (χ2n) is 4.90. The number of carboxylic acid groups (broad SMARTS) is 1. The first-order valence-corrected chi connectivity index (χ1v) is 6.80. The Labute approximate surface area is 125 Å². The van der Waals surface area contributed by atoms with Crippen LogP contribution < -0.4 is 9.47 Å². The maximum absolute atomic E-state index is 12.0. The van der Waals surface area contributed by atoms with Crippen molar-refractivity contribution in [1.29, 1.82) is 0 Å². The zero-order chi connectivity index (χ0) is 16.2. The van der Waals surface area contributed by atoms with E-state index < -0.39 is 18.4 Å². The molecule has 2 rings (SSSR count). The number of nitrogens with zero attached hydrogens (tertiary/aromatic N) is 1. The van der Waals surface area contributed by atoms with Crippen molar-refractivity contribution in [1.82, 2.24) is 4.90 Å². The van der Waals surface area contributed by atoms with E-state index in [1.165, 1.54) is 24.3 Å². The molecule has 22 heavy (non-hydrogen) atoms. The van der Waals surface area contributed by atoms with Crippen LogP contribution >= 0.6 is 0 Å². The summed E-state index contributed by atoms with van der Waals surface area (Å²) >= 11 is 0. The van der Waals surface area contributed by atoms with Crippen molar-refractivity contribution < 1.29 is 32.5 Å². The maximum Gasteiger partial charge on any atom is 0.573 e. The van der Waals surface area contributed by atoms with E-state index in [1.54, 1.807) is 0 Å². The number of alkyl halides is 3. The van der Waals surface area contributed by atoms with Gasteiger partial charge in [0.05, 0.1) is 0 Å². The summed E-state index contributed by atoms with van der Waals surface area (Å²) in [4.78, 5) is 12.8. The fourth-order valence-corrected chi connectivity index (χ4v) is 2.39. The van der Waals surface area contributed by atoms with Crippen LogP contribution in [0.4, 0.5) is 13.2 Å². The van der Waals surface area contributed by atoms with Crippen LogP contribution in [0.3, 0.4) is 0 Å². The Morgan fingerprint density at radius 3 is 2.50 bits per heavy atom. The number of carboxylic acids is 1. The molecule has 1 N–H and O–H groups in total. The van der Waals surface area contributed by atoms with Gasteiger partial charge in [0.1, 0.15) is 24.1 Å². The molecule has 0 amide bonds. The van der Waals surface area contributed by atoms with Gasteiger partial charge >= 0.3 is 12.3 Å². The largest absolute Gasteiger partial charge is 0.573 e. The molecule has 1 aromatic rings. The zero-order valence-corrected chi connectivity index (χ0v) is 11.7. The molecule has 8 heteroatoms. The molecule has 0 spiro atoms. The van der Waals surface area contributed by atoms with Crippen LogP contribution in [0.5, 0.6) is 11.5 Å². The first-order chi connectivity index (χ1) is 10.3. The first kappa shape index (κ1) is 16.4. The lowest BCUT2D eigenvalue weighted by Gasteiger charge is -2.20. The Hall–Kier alpha value is -1.96. The van der Waals surface area contributed by atoms with E-state index in [0.29, 0.717) is 25.3 Å². The van der Waals surface area contributed by atoms with Gasteiger partial charge in [-0.05, 0) is 43.7 Å². The van der Waals surface area contributed by atoms with Gasteiger partial charge in [0, 0.05) is 6.54 Å². The first-order valence-electron chi connectivity index (χ1n) is 6.80. The van der Waals surface area contributed by atoms with Crippen molar-refractivity contribution in [3.63, 3.8) is 0 Å². The standard InChI is InChI=1S/C14H16F3NO4/c15-14(16,17)22-11-5-3-10(4-6-11)21-9-8-18-7-1-2-12(18)13(19)20/h3-6,12H,1-2,7-9H2,(H,19,20). The molecule has 5 nitrogen and oxygen atoms in total. The highest BCUT2D eigenvalue weighted by molar-refractivity contribution is 5.73. The molecule has 0 bridgehead atoms. The number of hydrogen-bond donors (Lipinski definition) is 1. The molecule has 1 fully saturated rings. The highest BCUT2D eigenvalue weighted by atomic mass is 19.4. The summed E-state index contributed by atoms with van der Waals surface area (Å²) in [5, 5.41) is 9.04. The van der Waals surface area contributed by atoms with E-state index in [1.807, 2.05) is 4.90 Å². The number of ether oxygens (including phenoxy) is 2. The molecular formula is C14H16F3NO4. The average Bonchev–Trinajstić information content (AvgIpc) is 2.88. The minimum Gasteiger partial charge on any atom is -0.492 e. The quantitative estimate of drug-likeness (QED) is 0.873. The third kappa shape index (κ3) is 4.80. The summed E-state index contributed by atoms with van der Waals surface area (Å²) in [6.45, 7) is 1.43. The van der Waals surface area contributed by atoms with Gasteiger partial charge in [0.2, 0.25) is 0 Å². The lowest BCUT2D eigenvalue weighted by Crippen LogP contribution is -2.38. The summed E-state index contributed by atoms with van der Waals surface area (Å²) in [6.07, 6.45) is -3.26. The molecule has 1 aliphatic rings. The van der Waals surface area contributed by atoms with E-state index in [0.717, 1.165) is 6.42 Å². The van der Waals surface area contributed by atoms with Crippen LogP contribution in [-0.2, 0) is 4.79 Å². The van der Waals surface area contributed by atoms with Gasteiger partial charge in [-0.3, -0.25) is 9.69 Å². The Bertz CT molecular complexity index is 504. The van der Waals surface area contributed by atoms with E-state index in [4.69, 9.17) is 9.84 Å². The van der Waals surface area contributed by atoms with Crippen LogP contribution in [0.1, 0.15) is 12.8 Å². The molecule has 0 radical (unpaired) electrons. The second kappa shape index (κ2) is 6.87. The van der Waals surface area contributed by atoms with E-state index in [2.05, 4.69) is 4.74 Å². The highest BCUT2D eigenvalue weighted by Gasteiger charge is 2.31. The fourth-order valence-electron chi connectivity index (χ4n) is 2.39. The van der Waals surface area contributed by atoms with Crippen LogP contribution in [0.15, 0.2) is 24.3 Å². The molecule has 1 aliphatic heterocycles. The Balaban J connectivity index is 1.79. The molecule has 0 aromatic heterocycles. The van der Waals surface area contributed by atoms with Gasteiger partial charge < -0.3 is 14.6 Å². The van der Waals surface area contributed by atoms with Crippen molar-refractivity contribution in [3.05, 3.63) is 24.3 Å². The Morgan fingerprint density at radius 2 is 1.91 bits per heavy atom. The number of aliphatic carboxylic acids is 1. The molecule has 0 saturated carbocycles. The predicted octanol–water partition coefficient (Wildman–Crippen LogP) is 2.51. The summed E-state index contributed by atoms with van der Waals surface area (Å²) in [6, 6.07) is 4.60. The van der Waals surface area contributed by atoms with E-state index in [9.17, 15) is 18.0 Å². The maximum atomic E-state index is 12.0. The minimum atomic E-state index is -4.72. The van der Waals surface area contributed by atoms with Crippen LogP contribution in [0, 0.1) is 0 Å². The van der Waals surface area contributed by atoms with Gasteiger partial charge in [-0.15, -0.1) is 13.2 Å². The second-order valence-corrected chi connectivity index (χ2v) is 4.90. The van der Waals surface area contributed by atoms with Crippen molar-refractivity contribution >= 4 is 5.97 Å². The predicted molar refractivity (Wildman–Crippen MR) is 70.9 cm³/mol. The highest BCUT2D eigenvalue weighted by Crippen LogP contribution is 2.24. The lowest BCUT2D eigenvalue weighted by molar-refractivity contribution is -0.274. The van der Waals surface area contributed by atoms with Gasteiger partial charge in [-0.2, -0.15) is 0 Å². The molecule has 1 unspecified atom stereocenters. The van der Waals surface area contributed by atoms with Crippen molar-refractivity contribution in [2.24, 2.45) is 0 Å². The van der Waals surface area contributed by atoms with Gasteiger partial charge in [0.25, 0.3) is 0 Å². The van der Waals surface area contributed by atoms with Crippen LogP contribution in [-0.4, -0.2) is 48.1 Å². The molecular weight excluding hydrogens is 303 g/mol. The molecule has 0 aliphatic carbocycles. The number of hydrogen-bond acceptors (Lipinski definition) is 4. The molecule has 122 valence electrons. The Morgan fingerprint density at radius 1 is 1.27 bits per heavy atom. The van der Waals surface area contributed by atoms with Gasteiger partial charge in [0.15, 0.2) is 0 Å². The normalized spacial score (nSPS) is 19.1. The number of likely N-dealkylation sites (tertiary alicyclic amines) is 1. The lowest BCUT2D eigenvalue weighted by atomic mass is 10.2. The molecule has 1 atom stereocenters. The molecule has 1 heterocycles. The van der Waals surface area contributed by atoms with Crippen LogP contribution in [0.25, 0.3) is 0 Å². The third-order valence-corrected chi connectivity index (χ3v) is 3.35. The Kier molecular flexibility index (Phi) is 5.12. The molecule has 1 saturated heterocycles. The van der Waals surface area contributed by atoms with Crippen molar-refractivity contribution in [3.8, 4) is 11.5 Å². The fraction of sp³-hybridized carbons (Fsp3) is 0.500. The molecule has 1 aromatic carbocycles. The third-order valence-electron chi connectivity index (χ3n) is 3.35. The number of rotatable bonds is 6. The minimum absolute atomic E-state index is 0.267. The number of halogens is 3. The topological polar surface area (TPSA) is 59.0 Å². The van der Waals surface area contributed by atoms with Crippen LogP contribution in [0.2, 0.25) is 0 Å². The monoisotopic (exact) mass is 319 g/mol. The van der Waals surface area contributed by atoms with E-state index >= 15 is 0 Å². The summed E-state index contributed by atoms with van der Waals surface area (Å²) in [7, 11) is 0. The van der Waals surface area contributed by atoms with Crippen molar-refractivity contribution in [2.75, 3.05) is 19.7 Å². The summed E-state index contributed by atoms with van der Waals surface area (Å²) in [5.41, 5.74) is 0. The number of carbonyl (C=O) groups is 1. The summed E-state index contributed by atoms with van der Waals surface area (Å²) < 4.78 is 45.2. The number of benzene rings is 1. The van der Waals surface area contributed by atoms with Gasteiger partial charge in [-0.25, -0.2) is 0 Å².